The molecule has 0 aliphatic rings. The van der Waals surface area contributed by atoms with Crippen molar-refractivity contribution in [2.75, 3.05) is 26.9 Å². The number of rotatable bonds is 7. The third-order valence-electron chi connectivity index (χ3n) is 2.29. The molecule has 0 heterocycles. The van der Waals surface area contributed by atoms with Crippen LogP contribution in [-0.2, 0) is 11.2 Å². The second kappa shape index (κ2) is 7.20. The van der Waals surface area contributed by atoms with Gasteiger partial charge in [-0.2, -0.15) is 0 Å². The number of halogens is 3. The van der Waals surface area contributed by atoms with E-state index in [1.807, 2.05) is 0 Å². The Hall–Kier alpha value is -1.47. The van der Waals surface area contributed by atoms with Crippen molar-refractivity contribution in [3.05, 3.63) is 23.8 Å². The lowest BCUT2D eigenvalue weighted by Gasteiger charge is -2.13. The number of nitrogens with two attached hydrogens (primary N) is 1. The highest BCUT2D eigenvalue weighted by Crippen LogP contribution is 2.25. The number of benzene rings is 1. The predicted molar refractivity (Wildman–Crippen MR) is 63.3 cm³/mol. The highest BCUT2D eigenvalue weighted by molar-refractivity contribution is 5.40. The maximum Gasteiger partial charge on any atom is 0.522 e. The van der Waals surface area contributed by atoms with Crippen molar-refractivity contribution in [3.8, 4) is 11.5 Å². The van der Waals surface area contributed by atoms with Crippen LogP contribution in [0.4, 0.5) is 13.2 Å². The molecule has 19 heavy (non-hydrogen) atoms. The lowest BCUT2D eigenvalue weighted by atomic mass is 10.1. The predicted octanol–water partition coefficient (Wildman–Crippen LogP) is 2.11. The standard InChI is InChI=1S/C12H16F3NO3/c1-17-10-3-2-9(4-5-16)11(8-10)18-6-7-19-12(13,14)15/h2-3,8H,4-7,16H2,1H3. The largest absolute Gasteiger partial charge is 0.522 e. The van der Waals surface area contributed by atoms with Crippen LogP contribution in [0.3, 0.4) is 0 Å². The van der Waals surface area contributed by atoms with Gasteiger partial charge in [0.05, 0.1) is 13.7 Å². The summed E-state index contributed by atoms with van der Waals surface area (Å²) in [5.74, 6) is 1.02. The fourth-order valence-corrected chi connectivity index (χ4v) is 1.47. The van der Waals surface area contributed by atoms with Gasteiger partial charge in [0.15, 0.2) is 0 Å². The number of methoxy groups -OCH3 is 1. The van der Waals surface area contributed by atoms with Crippen LogP contribution in [0.2, 0.25) is 0 Å². The Labute approximate surface area is 109 Å². The molecular formula is C12H16F3NO3. The fourth-order valence-electron chi connectivity index (χ4n) is 1.47. The molecule has 0 saturated carbocycles. The molecule has 0 aromatic heterocycles. The zero-order valence-electron chi connectivity index (χ0n) is 10.5. The second-order valence-corrected chi connectivity index (χ2v) is 3.65. The van der Waals surface area contributed by atoms with E-state index in [-0.39, 0.29) is 6.61 Å². The molecule has 0 unspecified atom stereocenters. The lowest BCUT2D eigenvalue weighted by Crippen LogP contribution is -2.18. The van der Waals surface area contributed by atoms with Crippen LogP contribution in [0.1, 0.15) is 5.56 Å². The van der Waals surface area contributed by atoms with Crippen molar-refractivity contribution in [1.29, 1.82) is 0 Å². The van der Waals surface area contributed by atoms with E-state index in [9.17, 15) is 13.2 Å². The molecule has 0 radical (unpaired) electrons. The van der Waals surface area contributed by atoms with E-state index in [1.165, 1.54) is 7.11 Å². The van der Waals surface area contributed by atoms with Gasteiger partial charge in [-0.1, -0.05) is 6.07 Å². The summed E-state index contributed by atoms with van der Waals surface area (Å²) in [6.45, 7) is -0.352. The van der Waals surface area contributed by atoms with Gasteiger partial charge in [0, 0.05) is 6.07 Å². The minimum absolute atomic E-state index is 0.204. The molecule has 1 aromatic carbocycles. The van der Waals surface area contributed by atoms with Crippen LogP contribution in [-0.4, -0.2) is 33.2 Å². The molecule has 0 aliphatic carbocycles. The third kappa shape index (κ3) is 5.80. The maximum absolute atomic E-state index is 11.8. The summed E-state index contributed by atoms with van der Waals surface area (Å²) in [6.07, 6.45) is -4.07. The van der Waals surface area contributed by atoms with Crippen molar-refractivity contribution >= 4 is 0 Å². The molecule has 0 spiro atoms. The minimum Gasteiger partial charge on any atom is -0.497 e. The van der Waals surface area contributed by atoms with E-state index in [0.717, 1.165) is 5.56 Å². The number of ether oxygens (including phenoxy) is 3. The van der Waals surface area contributed by atoms with Crippen molar-refractivity contribution in [2.45, 2.75) is 12.8 Å². The Morgan fingerprint density at radius 3 is 2.53 bits per heavy atom. The Bertz CT molecular complexity index is 396. The topological polar surface area (TPSA) is 53.7 Å². The molecule has 0 bridgehead atoms. The normalized spacial score (nSPS) is 11.4. The van der Waals surface area contributed by atoms with Crippen LogP contribution in [0.5, 0.6) is 11.5 Å². The average molecular weight is 279 g/mol. The minimum atomic E-state index is -4.64. The SMILES string of the molecule is COc1ccc(CCN)c(OCCOC(F)(F)F)c1. The summed E-state index contributed by atoms with van der Waals surface area (Å²) >= 11 is 0. The molecule has 108 valence electrons. The van der Waals surface area contributed by atoms with Crippen molar-refractivity contribution in [3.63, 3.8) is 0 Å². The molecular weight excluding hydrogens is 263 g/mol. The van der Waals surface area contributed by atoms with E-state index in [1.54, 1.807) is 18.2 Å². The Kier molecular flexibility index (Phi) is 5.91. The first-order valence-corrected chi connectivity index (χ1v) is 5.66. The number of hydrogen-bond acceptors (Lipinski definition) is 4. The quantitative estimate of drug-likeness (QED) is 0.777. The van der Waals surface area contributed by atoms with Gasteiger partial charge < -0.3 is 15.2 Å². The Morgan fingerprint density at radius 2 is 1.95 bits per heavy atom. The summed E-state index contributed by atoms with van der Waals surface area (Å²) in [4.78, 5) is 0. The first-order valence-electron chi connectivity index (χ1n) is 5.66. The Balaban J connectivity index is 2.59. The van der Waals surface area contributed by atoms with Gasteiger partial charge in [0.1, 0.15) is 18.1 Å². The summed E-state index contributed by atoms with van der Waals surface area (Å²) in [5.41, 5.74) is 6.27. The van der Waals surface area contributed by atoms with Gasteiger partial charge >= 0.3 is 6.36 Å². The molecule has 2 N–H and O–H groups in total. The Morgan fingerprint density at radius 1 is 1.21 bits per heavy atom. The van der Waals surface area contributed by atoms with Crippen molar-refractivity contribution < 1.29 is 27.4 Å². The molecule has 0 atom stereocenters. The van der Waals surface area contributed by atoms with E-state index in [2.05, 4.69) is 4.74 Å². The van der Waals surface area contributed by atoms with E-state index in [4.69, 9.17) is 15.2 Å². The maximum atomic E-state index is 11.8. The number of alkyl halides is 3. The summed E-state index contributed by atoms with van der Waals surface area (Å²) in [7, 11) is 1.49. The van der Waals surface area contributed by atoms with Gasteiger partial charge in [0.2, 0.25) is 0 Å². The third-order valence-corrected chi connectivity index (χ3v) is 2.29. The van der Waals surface area contributed by atoms with Crippen molar-refractivity contribution in [2.24, 2.45) is 5.73 Å². The van der Waals surface area contributed by atoms with Crippen LogP contribution < -0.4 is 15.2 Å². The van der Waals surface area contributed by atoms with Gasteiger partial charge in [0.25, 0.3) is 0 Å². The summed E-state index contributed by atoms with van der Waals surface area (Å²) < 4.78 is 49.3. The molecule has 0 aliphatic heterocycles. The molecule has 0 saturated heterocycles. The fraction of sp³-hybridized carbons (Fsp3) is 0.500. The van der Waals surface area contributed by atoms with E-state index in [0.29, 0.717) is 24.5 Å². The average Bonchev–Trinajstić information content (AvgIpc) is 2.35. The van der Waals surface area contributed by atoms with E-state index >= 15 is 0 Å². The first-order chi connectivity index (χ1) is 8.96. The second-order valence-electron chi connectivity index (χ2n) is 3.65. The smallest absolute Gasteiger partial charge is 0.497 e. The van der Waals surface area contributed by atoms with Gasteiger partial charge in [-0.25, -0.2) is 0 Å². The molecule has 1 aromatic rings. The number of hydrogen-bond donors (Lipinski definition) is 1. The van der Waals surface area contributed by atoms with Crippen LogP contribution in [0.25, 0.3) is 0 Å². The monoisotopic (exact) mass is 279 g/mol. The van der Waals surface area contributed by atoms with Crippen LogP contribution in [0.15, 0.2) is 18.2 Å². The lowest BCUT2D eigenvalue weighted by molar-refractivity contribution is -0.325. The molecule has 4 nitrogen and oxygen atoms in total. The first kappa shape index (κ1) is 15.6. The zero-order chi connectivity index (χ0) is 14.3. The summed E-state index contributed by atoms with van der Waals surface area (Å²) in [6, 6.07) is 5.12. The van der Waals surface area contributed by atoms with E-state index < -0.39 is 13.0 Å². The molecule has 0 amide bonds. The van der Waals surface area contributed by atoms with Crippen molar-refractivity contribution in [1.82, 2.24) is 0 Å². The molecule has 0 fully saturated rings. The van der Waals surface area contributed by atoms with Gasteiger partial charge in [-0.05, 0) is 24.6 Å². The van der Waals surface area contributed by atoms with Gasteiger partial charge in [-0.15, -0.1) is 13.2 Å². The highest BCUT2D eigenvalue weighted by Gasteiger charge is 2.28. The zero-order valence-corrected chi connectivity index (χ0v) is 10.5. The summed E-state index contributed by atoms with van der Waals surface area (Å²) in [5, 5.41) is 0. The van der Waals surface area contributed by atoms with Crippen LogP contribution >= 0.6 is 0 Å². The highest BCUT2D eigenvalue weighted by atomic mass is 19.4. The molecule has 1 rings (SSSR count). The van der Waals surface area contributed by atoms with Crippen LogP contribution in [0, 0.1) is 0 Å². The molecule has 7 heteroatoms. The van der Waals surface area contributed by atoms with Gasteiger partial charge in [-0.3, -0.25) is 4.74 Å².